The lowest BCUT2D eigenvalue weighted by Gasteiger charge is -2.35. The largest absolute Gasteiger partial charge is 0.382 e. The maximum Gasteiger partial charge on any atom is 0.322 e. The number of hydrogen-bond acceptors (Lipinski definition) is 5. The van der Waals surface area contributed by atoms with Crippen LogP contribution in [0.15, 0.2) is 58.8 Å². The second kappa shape index (κ2) is 10.8. The van der Waals surface area contributed by atoms with Gasteiger partial charge in [-0.1, -0.05) is 60.1 Å². The van der Waals surface area contributed by atoms with Crippen molar-refractivity contribution in [1.29, 1.82) is 0 Å². The first-order valence-corrected chi connectivity index (χ1v) is 11.9. The number of urea groups is 1. The topological polar surface area (TPSA) is 80.5 Å². The van der Waals surface area contributed by atoms with Crippen molar-refractivity contribution in [2.45, 2.75) is 39.7 Å². The number of rotatable bonds is 9. The van der Waals surface area contributed by atoms with E-state index in [0.29, 0.717) is 42.9 Å². The summed E-state index contributed by atoms with van der Waals surface area (Å²) in [5, 5.41) is 7.91. The zero-order chi connectivity index (χ0) is 24.1. The molecule has 0 spiro atoms. The summed E-state index contributed by atoms with van der Waals surface area (Å²) >= 11 is 6.26. The van der Waals surface area contributed by atoms with E-state index in [2.05, 4.69) is 29.5 Å². The van der Waals surface area contributed by atoms with E-state index in [9.17, 15) is 4.79 Å². The van der Waals surface area contributed by atoms with Gasteiger partial charge in [0.2, 0.25) is 5.82 Å². The summed E-state index contributed by atoms with van der Waals surface area (Å²) in [5.41, 5.74) is 4.48. The van der Waals surface area contributed by atoms with Gasteiger partial charge in [0.25, 0.3) is 5.89 Å². The normalized spacial score (nSPS) is 16.2. The van der Waals surface area contributed by atoms with Crippen LogP contribution in [-0.4, -0.2) is 40.8 Å². The second-order valence-corrected chi connectivity index (χ2v) is 8.55. The van der Waals surface area contributed by atoms with Crippen molar-refractivity contribution in [3.05, 3.63) is 76.3 Å². The fourth-order valence-corrected chi connectivity index (χ4v) is 4.27. The average Bonchev–Trinajstić information content (AvgIpc) is 3.33. The second-order valence-electron chi connectivity index (χ2n) is 8.11. The van der Waals surface area contributed by atoms with E-state index in [1.54, 1.807) is 11.0 Å². The van der Waals surface area contributed by atoms with Gasteiger partial charge in [-0.15, -0.1) is 0 Å². The van der Waals surface area contributed by atoms with Crippen molar-refractivity contribution in [3.63, 3.8) is 0 Å². The summed E-state index contributed by atoms with van der Waals surface area (Å²) < 4.78 is 11.2. The Morgan fingerprint density at radius 3 is 2.68 bits per heavy atom. The minimum atomic E-state index is -0.467. The lowest BCUT2D eigenvalue weighted by Crippen LogP contribution is -2.46. The van der Waals surface area contributed by atoms with E-state index >= 15 is 0 Å². The predicted octanol–water partition coefficient (Wildman–Crippen LogP) is 5.88. The Hall–Kier alpha value is -3.16. The highest BCUT2D eigenvalue weighted by molar-refractivity contribution is 6.30. The number of benzene rings is 2. The number of hydrogen-bond donors (Lipinski definition) is 1. The first kappa shape index (κ1) is 24.0. The highest BCUT2D eigenvalue weighted by atomic mass is 35.5. The van der Waals surface area contributed by atoms with Crippen molar-refractivity contribution in [2.24, 2.45) is 0 Å². The fraction of sp³-hybridized carbons (Fsp3) is 0.346. The Morgan fingerprint density at radius 1 is 1.18 bits per heavy atom. The molecule has 1 aromatic heterocycles. The lowest BCUT2D eigenvalue weighted by atomic mass is 9.94. The van der Waals surface area contributed by atoms with Crippen LogP contribution in [0.1, 0.15) is 50.3 Å². The van der Waals surface area contributed by atoms with E-state index in [4.69, 9.17) is 25.8 Å². The van der Waals surface area contributed by atoms with Crippen molar-refractivity contribution in [3.8, 4) is 11.4 Å². The first-order chi connectivity index (χ1) is 16.5. The van der Waals surface area contributed by atoms with Crippen molar-refractivity contribution >= 4 is 23.2 Å². The molecule has 2 amide bonds. The average molecular weight is 481 g/mol. The van der Waals surface area contributed by atoms with E-state index in [0.717, 1.165) is 28.8 Å². The first-order valence-electron chi connectivity index (χ1n) is 11.6. The van der Waals surface area contributed by atoms with Crippen LogP contribution < -0.4 is 5.32 Å². The van der Waals surface area contributed by atoms with Crippen LogP contribution in [0, 0.1) is 0 Å². The van der Waals surface area contributed by atoms with Crippen molar-refractivity contribution in [1.82, 2.24) is 20.4 Å². The highest BCUT2D eigenvalue weighted by Gasteiger charge is 2.35. The molecule has 2 heterocycles. The van der Waals surface area contributed by atoms with Gasteiger partial charge in [0.05, 0.1) is 11.6 Å². The number of amides is 2. The third-order valence-corrected chi connectivity index (χ3v) is 6.16. The number of nitrogens with one attached hydrogen (secondary N) is 1. The van der Waals surface area contributed by atoms with Gasteiger partial charge in [0.1, 0.15) is 0 Å². The number of nitrogens with zero attached hydrogens (tertiary/aromatic N) is 3. The van der Waals surface area contributed by atoms with Gasteiger partial charge < -0.3 is 14.6 Å². The predicted molar refractivity (Wildman–Crippen MR) is 132 cm³/mol. The summed E-state index contributed by atoms with van der Waals surface area (Å²) in [6, 6.07) is 14.9. The van der Waals surface area contributed by atoms with Gasteiger partial charge in [-0.3, -0.25) is 4.90 Å². The van der Waals surface area contributed by atoms with Crippen molar-refractivity contribution in [2.75, 3.05) is 19.8 Å². The molecule has 8 heteroatoms. The lowest BCUT2D eigenvalue weighted by molar-refractivity contribution is 0.136. The summed E-state index contributed by atoms with van der Waals surface area (Å²) in [6.07, 6.45) is 1.68. The van der Waals surface area contributed by atoms with E-state index in [1.807, 2.05) is 44.2 Å². The maximum absolute atomic E-state index is 13.0. The number of halogens is 1. The van der Waals surface area contributed by atoms with Crippen LogP contribution >= 0.6 is 11.6 Å². The van der Waals surface area contributed by atoms with Gasteiger partial charge in [-0.2, -0.15) is 4.98 Å². The smallest absolute Gasteiger partial charge is 0.322 e. The Labute approximate surface area is 204 Å². The molecule has 34 heavy (non-hydrogen) atoms. The molecule has 0 radical (unpaired) electrons. The summed E-state index contributed by atoms with van der Waals surface area (Å²) in [4.78, 5) is 19.5. The van der Waals surface area contributed by atoms with Gasteiger partial charge in [0, 0.05) is 36.0 Å². The Balaban J connectivity index is 1.72. The van der Waals surface area contributed by atoms with Crippen LogP contribution in [0.2, 0.25) is 5.02 Å². The monoisotopic (exact) mass is 480 g/mol. The van der Waals surface area contributed by atoms with Crippen LogP contribution in [0.5, 0.6) is 0 Å². The number of allylic oxidation sites excluding steroid dienone is 1. The number of carbonyl (C=O) groups is 1. The molecule has 178 valence electrons. The Morgan fingerprint density at radius 2 is 1.97 bits per heavy atom. The Bertz CT molecular complexity index is 1170. The molecule has 1 aliphatic heterocycles. The summed E-state index contributed by atoms with van der Waals surface area (Å²) in [5.74, 6) is 0.870. The molecule has 4 rings (SSSR count). The van der Waals surface area contributed by atoms with Crippen LogP contribution in [-0.2, 0) is 11.2 Å². The molecule has 7 nitrogen and oxygen atoms in total. The van der Waals surface area contributed by atoms with Gasteiger partial charge in [0.15, 0.2) is 0 Å². The molecule has 0 bridgehead atoms. The standard InChI is InChI=1S/C26H29ClN4O3/c1-4-18-10-12-19(13-11-18)24-29-25(34-30-24)22-17(3)31(14-7-15-33-5-2)26(32)28-23(22)20-8-6-9-21(27)16-20/h6,8-13,16,23H,4-5,7,14-15H2,1-3H3,(H,28,32). The molecular formula is C26H29ClN4O3. The van der Waals surface area contributed by atoms with Crippen LogP contribution in [0.3, 0.4) is 0 Å². The third kappa shape index (κ3) is 5.16. The highest BCUT2D eigenvalue weighted by Crippen LogP contribution is 2.38. The van der Waals surface area contributed by atoms with Gasteiger partial charge >= 0.3 is 6.03 Å². The molecule has 1 atom stereocenters. The SMILES string of the molecule is CCOCCCN1C(=O)NC(c2cccc(Cl)c2)C(c2nc(-c3ccc(CC)cc3)no2)=C1C. The Kier molecular flexibility index (Phi) is 7.65. The van der Waals surface area contributed by atoms with E-state index in [-0.39, 0.29) is 6.03 Å². The van der Waals surface area contributed by atoms with Crippen LogP contribution in [0.4, 0.5) is 4.79 Å². The molecule has 0 saturated heterocycles. The molecule has 1 N–H and O–H groups in total. The molecule has 0 fully saturated rings. The molecule has 2 aromatic carbocycles. The molecule has 1 aliphatic rings. The summed E-state index contributed by atoms with van der Waals surface area (Å²) in [7, 11) is 0. The number of ether oxygens (including phenoxy) is 1. The van der Waals surface area contributed by atoms with E-state index < -0.39 is 6.04 Å². The quantitative estimate of drug-likeness (QED) is 0.387. The molecular weight excluding hydrogens is 452 g/mol. The molecule has 1 unspecified atom stereocenters. The maximum atomic E-state index is 13.0. The molecule has 3 aromatic rings. The minimum absolute atomic E-state index is 0.183. The minimum Gasteiger partial charge on any atom is -0.382 e. The van der Waals surface area contributed by atoms with E-state index in [1.165, 1.54) is 5.56 Å². The third-order valence-electron chi connectivity index (χ3n) is 5.93. The van der Waals surface area contributed by atoms with Crippen molar-refractivity contribution < 1.29 is 14.1 Å². The number of aryl methyl sites for hydroxylation is 1. The summed E-state index contributed by atoms with van der Waals surface area (Å²) in [6.45, 7) is 7.72. The van der Waals surface area contributed by atoms with Crippen LogP contribution in [0.25, 0.3) is 17.0 Å². The zero-order valence-corrected chi connectivity index (χ0v) is 20.4. The number of carbonyl (C=O) groups excluding carboxylic acids is 1. The zero-order valence-electron chi connectivity index (χ0n) is 19.7. The fourth-order valence-electron chi connectivity index (χ4n) is 4.07. The van der Waals surface area contributed by atoms with Gasteiger partial charge in [-0.25, -0.2) is 4.79 Å². The molecule has 0 saturated carbocycles. The molecule has 0 aliphatic carbocycles. The number of aromatic nitrogens is 2. The van der Waals surface area contributed by atoms with Gasteiger partial charge in [-0.05, 0) is 49.9 Å².